The molecule has 0 bridgehead atoms. The minimum absolute atomic E-state index is 0.390. The van der Waals surface area contributed by atoms with E-state index in [-0.39, 0.29) is 0 Å². The molecule has 0 saturated heterocycles. The topological polar surface area (TPSA) is 26.0 Å². The lowest BCUT2D eigenvalue weighted by Crippen LogP contribution is -2.16. The monoisotopic (exact) mass is 157 g/mol. The van der Waals surface area contributed by atoms with Crippen molar-refractivity contribution in [1.29, 1.82) is 0 Å². The predicted molar refractivity (Wildman–Crippen MR) is 51.6 cm³/mol. The molecule has 0 radical (unpaired) electrons. The first-order valence-electron chi connectivity index (χ1n) is 4.96. The Hall–Kier alpha value is -0.0400. The van der Waals surface area contributed by atoms with Crippen LogP contribution in [0.1, 0.15) is 52.9 Å². The molecule has 2 unspecified atom stereocenters. The summed E-state index contributed by atoms with van der Waals surface area (Å²) in [4.78, 5) is 0. The SMILES string of the molecule is CCCC(CC)CCC(C)N. The fourth-order valence-electron chi connectivity index (χ4n) is 1.46. The van der Waals surface area contributed by atoms with Gasteiger partial charge in [0.2, 0.25) is 0 Å². The smallest absolute Gasteiger partial charge is 0.00105 e. The fraction of sp³-hybridized carbons (Fsp3) is 1.00. The average molecular weight is 157 g/mol. The summed E-state index contributed by atoms with van der Waals surface area (Å²) in [6.07, 6.45) is 6.53. The molecule has 0 aliphatic heterocycles. The predicted octanol–water partition coefficient (Wildman–Crippen LogP) is 2.94. The Morgan fingerprint density at radius 2 is 1.73 bits per heavy atom. The molecule has 0 aliphatic carbocycles. The van der Waals surface area contributed by atoms with Gasteiger partial charge in [-0.1, -0.05) is 33.1 Å². The van der Waals surface area contributed by atoms with Crippen LogP contribution in [0.25, 0.3) is 0 Å². The van der Waals surface area contributed by atoms with Crippen LogP contribution in [0.5, 0.6) is 0 Å². The van der Waals surface area contributed by atoms with Crippen LogP contribution in [0.2, 0.25) is 0 Å². The van der Waals surface area contributed by atoms with Gasteiger partial charge < -0.3 is 5.73 Å². The van der Waals surface area contributed by atoms with E-state index in [1.807, 2.05) is 0 Å². The highest BCUT2D eigenvalue weighted by molar-refractivity contribution is 4.60. The number of nitrogens with two attached hydrogens (primary N) is 1. The molecule has 0 aromatic carbocycles. The third-order valence-corrected chi connectivity index (χ3v) is 2.30. The molecule has 0 aromatic heterocycles. The minimum Gasteiger partial charge on any atom is -0.328 e. The molecule has 0 rings (SSSR count). The lowest BCUT2D eigenvalue weighted by Gasteiger charge is -2.14. The van der Waals surface area contributed by atoms with Gasteiger partial charge in [0, 0.05) is 6.04 Å². The van der Waals surface area contributed by atoms with Gasteiger partial charge in [0.25, 0.3) is 0 Å². The van der Waals surface area contributed by atoms with Crippen LogP contribution in [0, 0.1) is 5.92 Å². The van der Waals surface area contributed by atoms with Crippen LogP contribution in [0.15, 0.2) is 0 Å². The number of hydrogen-bond donors (Lipinski definition) is 1. The molecule has 1 nitrogen and oxygen atoms in total. The van der Waals surface area contributed by atoms with Gasteiger partial charge in [-0.15, -0.1) is 0 Å². The van der Waals surface area contributed by atoms with E-state index in [4.69, 9.17) is 5.73 Å². The summed E-state index contributed by atoms with van der Waals surface area (Å²) in [5.41, 5.74) is 5.69. The molecule has 0 heterocycles. The Bertz CT molecular complexity index is 78.9. The van der Waals surface area contributed by atoms with E-state index in [2.05, 4.69) is 20.8 Å². The molecule has 0 spiro atoms. The van der Waals surface area contributed by atoms with Crippen molar-refractivity contribution in [2.75, 3.05) is 0 Å². The summed E-state index contributed by atoms with van der Waals surface area (Å²) in [6, 6.07) is 0.390. The van der Waals surface area contributed by atoms with Gasteiger partial charge in [-0.05, 0) is 25.7 Å². The van der Waals surface area contributed by atoms with Crippen LogP contribution >= 0.6 is 0 Å². The van der Waals surface area contributed by atoms with Crippen molar-refractivity contribution >= 4 is 0 Å². The van der Waals surface area contributed by atoms with E-state index >= 15 is 0 Å². The van der Waals surface area contributed by atoms with Crippen molar-refractivity contribution in [3.8, 4) is 0 Å². The van der Waals surface area contributed by atoms with E-state index in [9.17, 15) is 0 Å². The molecule has 0 aliphatic rings. The largest absolute Gasteiger partial charge is 0.328 e. The maximum Gasteiger partial charge on any atom is 0.00105 e. The highest BCUT2D eigenvalue weighted by Gasteiger charge is 2.05. The Balaban J connectivity index is 3.35. The van der Waals surface area contributed by atoms with Crippen molar-refractivity contribution < 1.29 is 0 Å². The van der Waals surface area contributed by atoms with Crippen LogP contribution in [0.4, 0.5) is 0 Å². The Morgan fingerprint density at radius 3 is 2.09 bits per heavy atom. The molecular weight excluding hydrogens is 134 g/mol. The molecule has 2 atom stereocenters. The molecule has 0 fully saturated rings. The third kappa shape index (κ3) is 6.36. The van der Waals surface area contributed by atoms with Crippen molar-refractivity contribution in [3.63, 3.8) is 0 Å². The molecular formula is C10H23N. The van der Waals surface area contributed by atoms with Crippen LogP contribution in [0.3, 0.4) is 0 Å². The first-order chi connectivity index (χ1) is 5.20. The zero-order valence-electron chi connectivity index (χ0n) is 8.27. The third-order valence-electron chi connectivity index (χ3n) is 2.30. The lowest BCUT2D eigenvalue weighted by atomic mass is 9.94. The minimum atomic E-state index is 0.390. The first kappa shape index (κ1) is 11.0. The van der Waals surface area contributed by atoms with Crippen molar-refractivity contribution in [2.24, 2.45) is 11.7 Å². The molecule has 1 heteroatoms. The van der Waals surface area contributed by atoms with Crippen molar-refractivity contribution in [1.82, 2.24) is 0 Å². The van der Waals surface area contributed by atoms with E-state index in [0.717, 1.165) is 5.92 Å². The highest BCUT2D eigenvalue weighted by Crippen LogP contribution is 2.17. The Kier molecular flexibility index (Phi) is 6.63. The van der Waals surface area contributed by atoms with E-state index in [1.54, 1.807) is 0 Å². The standard InChI is InChI=1S/C10H23N/c1-4-6-10(5-2)8-7-9(3)11/h9-10H,4-8,11H2,1-3H3. The van der Waals surface area contributed by atoms with Crippen molar-refractivity contribution in [2.45, 2.75) is 58.9 Å². The summed E-state index contributed by atoms with van der Waals surface area (Å²) >= 11 is 0. The molecule has 68 valence electrons. The maximum atomic E-state index is 5.69. The summed E-state index contributed by atoms with van der Waals surface area (Å²) in [5.74, 6) is 0.922. The average Bonchev–Trinajstić information content (AvgIpc) is 1.97. The van der Waals surface area contributed by atoms with Gasteiger partial charge in [-0.2, -0.15) is 0 Å². The summed E-state index contributed by atoms with van der Waals surface area (Å²) in [6.45, 7) is 6.63. The first-order valence-corrected chi connectivity index (χ1v) is 4.96. The van der Waals surface area contributed by atoms with Gasteiger partial charge in [0.05, 0.1) is 0 Å². The van der Waals surface area contributed by atoms with Gasteiger partial charge in [-0.25, -0.2) is 0 Å². The van der Waals surface area contributed by atoms with Gasteiger partial charge in [0.15, 0.2) is 0 Å². The summed E-state index contributed by atoms with van der Waals surface area (Å²) < 4.78 is 0. The normalized spacial score (nSPS) is 16.4. The van der Waals surface area contributed by atoms with Crippen LogP contribution < -0.4 is 5.73 Å². The van der Waals surface area contributed by atoms with Crippen molar-refractivity contribution in [3.05, 3.63) is 0 Å². The fourth-order valence-corrected chi connectivity index (χ4v) is 1.46. The van der Waals surface area contributed by atoms with Crippen LogP contribution in [-0.4, -0.2) is 6.04 Å². The van der Waals surface area contributed by atoms with E-state index in [0.29, 0.717) is 6.04 Å². The molecule has 0 saturated carbocycles. The lowest BCUT2D eigenvalue weighted by molar-refractivity contribution is 0.405. The van der Waals surface area contributed by atoms with Crippen LogP contribution in [-0.2, 0) is 0 Å². The summed E-state index contributed by atoms with van der Waals surface area (Å²) in [5, 5.41) is 0. The second kappa shape index (κ2) is 6.66. The molecule has 2 N–H and O–H groups in total. The second-order valence-corrected chi connectivity index (χ2v) is 3.62. The summed E-state index contributed by atoms with van der Waals surface area (Å²) in [7, 11) is 0. The maximum absolute atomic E-state index is 5.69. The van der Waals surface area contributed by atoms with Gasteiger partial charge in [-0.3, -0.25) is 0 Å². The van der Waals surface area contributed by atoms with Gasteiger partial charge in [0.1, 0.15) is 0 Å². The van der Waals surface area contributed by atoms with E-state index in [1.165, 1.54) is 32.1 Å². The zero-order valence-corrected chi connectivity index (χ0v) is 8.27. The number of rotatable bonds is 6. The second-order valence-electron chi connectivity index (χ2n) is 3.62. The Morgan fingerprint density at radius 1 is 1.09 bits per heavy atom. The number of hydrogen-bond acceptors (Lipinski definition) is 1. The van der Waals surface area contributed by atoms with Gasteiger partial charge >= 0.3 is 0 Å². The Labute approximate surface area is 71.4 Å². The zero-order chi connectivity index (χ0) is 8.69. The van der Waals surface area contributed by atoms with E-state index < -0.39 is 0 Å². The molecule has 0 aromatic rings. The molecule has 0 amide bonds. The highest BCUT2D eigenvalue weighted by atomic mass is 14.6. The molecule has 11 heavy (non-hydrogen) atoms. The quantitative estimate of drug-likeness (QED) is 0.630.